The number of hydrogen-bond acceptors (Lipinski definition) is 6. The van der Waals surface area contributed by atoms with Crippen LogP contribution in [0.25, 0.3) is 11.5 Å². The average Bonchev–Trinajstić information content (AvgIpc) is 3.18. The highest BCUT2D eigenvalue weighted by Gasteiger charge is 2.41. The summed E-state index contributed by atoms with van der Waals surface area (Å²) in [5.41, 5.74) is 5.69. The quantitative estimate of drug-likeness (QED) is 0.720. The molecule has 0 saturated heterocycles. The van der Waals surface area contributed by atoms with E-state index in [0.717, 1.165) is 6.20 Å². The Hall–Kier alpha value is -3.43. The fourth-order valence-electron chi connectivity index (χ4n) is 3.49. The third-order valence-electron chi connectivity index (χ3n) is 4.88. The van der Waals surface area contributed by atoms with Crippen molar-refractivity contribution in [2.24, 2.45) is 0 Å². The minimum atomic E-state index is -4.56. The molecule has 3 aromatic rings. The van der Waals surface area contributed by atoms with E-state index in [1.165, 1.54) is 24.2 Å². The molecule has 150 valence electrons. The number of carbonyl (C=O) groups excluding carboxylic acids is 1. The smallest absolute Gasteiger partial charge is 0.418 e. The van der Waals surface area contributed by atoms with E-state index in [1.807, 2.05) is 0 Å². The van der Waals surface area contributed by atoms with Crippen molar-refractivity contribution in [2.75, 3.05) is 12.8 Å². The number of nitrogen functional groups attached to an aromatic ring is 1. The third-order valence-corrected chi connectivity index (χ3v) is 4.88. The number of likely N-dealkylation sites (N-methyl/N-ethyl adjacent to an activating group) is 1. The van der Waals surface area contributed by atoms with Crippen molar-refractivity contribution in [3.8, 4) is 11.5 Å². The highest BCUT2D eigenvalue weighted by atomic mass is 19.4. The molecule has 0 aromatic carbocycles. The van der Waals surface area contributed by atoms with Crippen LogP contribution in [0.5, 0.6) is 0 Å². The maximum Gasteiger partial charge on any atom is 0.418 e. The van der Waals surface area contributed by atoms with Gasteiger partial charge in [-0.1, -0.05) is 0 Å². The summed E-state index contributed by atoms with van der Waals surface area (Å²) in [4.78, 5) is 26.2. The number of amides is 1. The molecule has 3 aromatic heterocycles. The Morgan fingerprint density at radius 2 is 2.00 bits per heavy atom. The molecule has 1 aliphatic rings. The Balaban J connectivity index is 1.83. The molecule has 0 spiro atoms. The maximum atomic E-state index is 13.4. The van der Waals surface area contributed by atoms with E-state index < -0.39 is 23.7 Å². The van der Waals surface area contributed by atoms with Gasteiger partial charge in [-0.25, -0.2) is 9.97 Å². The van der Waals surface area contributed by atoms with Crippen molar-refractivity contribution in [1.29, 1.82) is 0 Å². The van der Waals surface area contributed by atoms with E-state index in [4.69, 9.17) is 10.2 Å². The predicted octanol–water partition coefficient (Wildman–Crippen LogP) is 3.41. The molecule has 1 atom stereocenters. The molecule has 1 amide bonds. The number of alkyl halides is 3. The summed E-state index contributed by atoms with van der Waals surface area (Å²) in [5, 5.41) is 0. The van der Waals surface area contributed by atoms with Crippen LogP contribution in [-0.4, -0.2) is 32.8 Å². The topological polar surface area (TPSA) is 98.1 Å². The van der Waals surface area contributed by atoms with Crippen LogP contribution >= 0.6 is 0 Å². The van der Waals surface area contributed by atoms with Crippen molar-refractivity contribution >= 4 is 11.9 Å². The maximum absolute atomic E-state index is 13.4. The molecule has 0 saturated carbocycles. The van der Waals surface area contributed by atoms with E-state index in [1.54, 1.807) is 19.1 Å². The number of carbonyl (C=O) groups is 1. The van der Waals surface area contributed by atoms with Crippen LogP contribution in [0.15, 0.2) is 35.0 Å². The molecule has 0 fully saturated rings. The van der Waals surface area contributed by atoms with Crippen LogP contribution in [-0.2, 0) is 12.6 Å². The molecule has 2 N–H and O–H groups in total. The number of aromatic nitrogens is 3. The second-order valence-corrected chi connectivity index (χ2v) is 6.77. The Morgan fingerprint density at radius 3 is 2.66 bits per heavy atom. The van der Waals surface area contributed by atoms with E-state index in [9.17, 15) is 18.0 Å². The predicted molar refractivity (Wildman–Crippen MR) is 96.7 cm³/mol. The van der Waals surface area contributed by atoms with Crippen molar-refractivity contribution in [1.82, 2.24) is 19.9 Å². The second-order valence-electron chi connectivity index (χ2n) is 6.77. The second kappa shape index (κ2) is 6.57. The van der Waals surface area contributed by atoms with E-state index in [0.29, 0.717) is 11.5 Å². The first-order chi connectivity index (χ1) is 13.7. The number of nitrogens with zero attached hydrogens (tertiary/aromatic N) is 4. The van der Waals surface area contributed by atoms with Gasteiger partial charge in [0.1, 0.15) is 11.5 Å². The van der Waals surface area contributed by atoms with Gasteiger partial charge in [-0.15, -0.1) is 0 Å². The standard InChI is InChI=1S/C19H16F3N5O2/c1-9-3-4-13(29-9)16-14-15(25-18(23)26-16)12(27(2)17(14)28)7-10-5-6-24-8-11(10)19(20,21)22/h3-6,8,12H,7H2,1-2H3,(H2,23,25,26). The zero-order valence-electron chi connectivity index (χ0n) is 15.5. The van der Waals surface area contributed by atoms with Gasteiger partial charge in [-0.2, -0.15) is 13.2 Å². The Bertz CT molecular complexity index is 1110. The summed E-state index contributed by atoms with van der Waals surface area (Å²) in [5.74, 6) is 0.464. The molecule has 29 heavy (non-hydrogen) atoms. The lowest BCUT2D eigenvalue weighted by Crippen LogP contribution is -2.25. The number of fused-ring (bicyclic) bond motifs is 1. The lowest BCUT2D eigenvalue weighted by Gasteiger charge is -2.21. The Morgan fingerprint density at radius 1 is 1.24 bits per heavy atom. The van der Waals surface area contributed by atoms with Crippen LogP contribution in [0.4, 0.5) is 19.1 Å². The molecular weight excluding hydrogens is 387 g/mol. The molecule has 4 rings (SSSR count). The molecule has 0 bridgehead atoms. The fourth-order valence-corrected chi connectivity index (χ4v) is 3.49. The van der Waals surface area contributed by atoms with Gasteiger partial charge < -0.3 is 15.1 Å². The summed E-state index contributed by atoms with van der Waals surface area (Å²) in [6.45, 7) is 1.74. The molecule has 1 aliphatic heterocycles. The molecule has 0 aliphatic carbocycles. The van der Waals surface area contributed by atoms with E-state index in [2.05, 4.69) is 15.0 Å². The van der Waals surface area contributed by atoms with Crippen LogP contribution in [0.3, 0.4) is 0 Å². The molecule has 0 radical (unpaired) electrons. The molecule has 10 heteroatoms. The highest BCUT2D eigenvalue weighted by Crippen LogP contribution is 2.40. The first-order valence-corrected chi connectivity index (χ1v) is 8.68. The van der Waals surface area contributed by atoms with Crippen LogP contribution in [0.2, 0.25) is 0 Å². The van der Waals surface area contributed by atoms with E-state index in [-0.39, 0.29) is 34.9 Å². The van der Waals surface area contributed by atoms with Gasteiger partial charge in [-0.3, -0.25) is 9.78 Å². The van der Waals surface area contributed by atoms with Gasteiger partial charge in [0, 0.05) is 19.4 Å². The highest BCUT2D eigenvalue weighted by molar-refractivity contribution is 6.03. The van der Waals surface area contributed by atoms with Gasteiger partial charge in [-0.05, 0) is 37.1 Å². The first-order valence-electron chi connectivity index (χ1n) is 8.68. The first kappa shape index (κ1) is 18.9. The minimum absolute atomic E-state index is 0.0116. The van der Waals surface area contributed by atoms with Gasteiger partial charge in [0.15, 0.2) is 5.76 Å². The summed E-state index contributed by atoms with van der Waals surface area (Å²) in [6, 6.07) is 3.93. The number of rotatable bonds is 3. The summed E-state index contributed by atoms with van der Waals surface area (Å²) < 4.78 is 45.7. The molecular formula is C19H16F3N5O2. The minimum Gasteiger partial charge on any atom is -0.460 e. The van der Waals surface area contributed by atoms with Crippen LogP contribution < -0.4 is 5.73 Å². The molecule has 7 nitrogen and oxygen atoms in total. The summed E-state index contributed by atoms with van der Waals surface area (Å²) in [7, 11) is 1.51. The number of aryl methyl sites for hydroxylation is 1. The zero-order valence-corrected chi connectivity index (χ0v) is 15.5. The van der Waals surface area contributed by atoms with Gasteiger partial charge in [0.25, 0.3) is 5.91 Å². The van der Waals surface area contributed by atoms with Gasteiger partial charge >= 0.3 is 6.18 Å². The van der Waals surface area contributed by atoms with Gasteiger partial charge in [0.2, 0.25) is 5.95 Å². The fraction of sp³-hybridized carbons (Fsp3) is 0.263. The number of hydrogen-bond donors (Lipinski definition) is 1. The molecule has 4 heterocycles. The van der Waals surface area contributed by atoms with Crippen molar-refractivity contribution in [2.45, 2.75) is 25.6 Å². The Labute approximate surface area is 163 Å². The monoisotopic (exact) mass is 403 g/mol. The average molecular weight is 403 g/mol. The normalized spacial score (nSPS) is 16.4. The van der Waals surface area contributed by atoms with Crippen molar-refractivity contribution < 1.29 is 22.4 Å². The summed E-state index contributed by atoms with van der Waals surface area (Å²) in [6.07, 6.45) is -2.60. The number of furan rings is 1. The Kier molecular flexibility index (Phi) is 4.29. The third kappa shape index (κ3) is 3.20. The number of nitrogens with two attached hydrogens (primary N) is 1. The molecule has 1 unspecified atom stereocenters. The lowest BCUT2D eigenvalue weighted by molar-refractivity contribution is -0.138. The number of pyridine rings is 1. The van der Waals surface area contributed by atoms with Crippen molar-refractivity contribution in [3.05, 3.63) is 58.7 Å². The largest absolute Gasteiger partial charge is 0.460 e. The summed E-state index contributed by atoms with van der Waals surface area (Å²) >= 11 is 0. The van der Waals surface area contributed by atoms with Crippen molar-refractivity contribution in [3.63, 3.8) is 0 Å². The number of halogens is 3. The van der Waals surface area contributed by atoms with Crippen LogP contribution in [0, 0.1) is 6.92 Å². The van der Waals surface area contributed by atoms with Crippen LogP contribution in [0.1, 0.15) is 39.0 Å². The van der Waals surface area contributed by atoms with Gasteiger partial charge in [0.05, 0.1) is 22.9 Å². The zero-order chi connectivity index (χ0) is 20.9. The lowest BCUT2D eigenvalue weighted by atomic mass is 9.99. The van der Waals surface area contributed by atoms with E-state index >= 15 is 0 Å². The SMILES string of the molecule is Cc1ccc(-c2nc(N)nc3c2C(=O)N(C)C3Cc2ccncc2C(F)(F)F)o1. The number of anilines is 1.